The van der Waals surface area contributed by atoms with Gasteiger partial charge < -0.3 is 10.1 Å². The van der Waals surface area contributed by atoms with E-state index in [9.17, 15) is 9.59 Å². The fourth-order valence-corrected chi connectivity index (χ4v) is 4.12. The lowest BCUT2D eigenvalue weighted by molar-refractivity contribution is 0.101. The van der Waals surface area contributed by atoms with E-state index in [1.54, 1.807) is 10.6 Å². The first-order chi connectivity index (χ1) is 15.9. The molecule has 1 aliphatic rings. The Morgan fingerprint density at radius 3 is 2.79 bits per heavy atom. The Hall–Kier alpha value is -3.42. The van der Waals surface area contributed by atoms with Crippen LogP contribution in [0.15, 0.2) is 41.2 Å². The van der Waals surface area contributed by atoms with E-state index in [1.807, 2.05) is 39.0 Å². The molecule has 0 bridgehead atoms. The number of nitrogens with one attached hydrogen (secondary N) is 1. The second-order valence-corrected chi connectivity index (χ2v) is 8.51. The molecular weight excluding hydrogens is 423 g/mol. The van der Waals surface area contributed by atoms with Gasteiger partial charge in [-0.1, -0.05) is 31.5 Å². The van der Waals surface area contributed by atoms with Crippen molar-refractivity contribution in [3.8, 4) is 11.4 Å². The van der Waals surface area contributed by atoms with Crippen LogP contribution >= 0.6 is 0 Å². The Balaban J connectivity index is 1.76. The largest absolute Gasteiger partial charge is 0.490 e. The second-order valence-electron chi connectivity index (χ2n) is 8.51. The lowest BCUT2D eigenvalue weighted by Gasteiger charge is -2.18. The quantitative estimate of drug-likeness (QED) is 0.567. The van der Waals surface area contributed by atoms with Gasteiger partial charge in [0.25, 0.3) is 5.91 Å². The van der Waals surface area contributed by atoms with Crippen LogP contribution < -0.4 is 15.7 Å². The first-order valence-electron chi connectivity index (χ1n) is 11.4. The lowest BCUT2D eigenvalue weighted by atomic mass is 10.1. The minimum Gasteiger partial charge on any atom is -0.490 e. The number of ether oxygens (including phenoxy) is 1. The maximum atomic E-state index is 15.3. The molecule has 1 amide bonds. The predicted molar refractivity (Wildman–Crippen MR) is 125 cm³/mol. The number of benzene rings is 2. The SMILES string of the molecule is CCC[C@H](C)Oc1cc(-n2nc3n(c2=O)CCCC3)c(F)cc1C(=O)Nc1ccccc1C. The van der Waals surface area contributed by atoms with Crippen molar-refractivity contribution >= 4 is 11.6 Å². The number of hydrogen-bond donors (Lipinski definition) is 1. The van der Waals surface area contributed by atoms with Crippen LogP contribution in [0, 0.1) is 12.7 Å². The molecule has 0 saturated heterocycles. The summed E-state index contributed by atoms with van der Waals surface area (Å²) in [6.45, 7) is 6.39. The molecule has 1 aromatic heterocycles. The predicted octanol–water partition coefficient (Wildman–Crippen LogP) is 4.64. The van der Waals surface area contributed by atoms with Gasteiger partial charge in [-0.2, -0.15) is 4.68 Å². The highest BCUT2D eigenvalue weighted by molar-refractivity contribution is 6.06. The van der Waals surface area contributed by atoms with Crippen molar-refractivity contribution in [3.05, 3.63) is 69.7 Å². The van der Waals surface area contributed by atoms with E-state index in [4.69, 9.17) is 4.74 Å². The summed E-state index contributed by atoms with van der Waals surface area (Å²) in [7, 11) is 0. The van der Waals surface area contributed by atoms with Crippen molar-refractivity contribution in [1.29, 1.82) is 0 Å². The van der Waals surface area contributed by atoms with Crippen LogP contribution in [-0.2, 0) is 13.0 Å². The van der Waals surface area contributed by atoms with Gasteiger partial charge in [-0.15, -0.1) is 5.10 Å². The minimum atomic E-state index is -0.710. The monoisotopic (exact) mass is 452 g/mol. The molecule has 1 aliphatic heterocycles. The number of nitrogens with zero attached hydrogens (tertiary/aromatic N) is 3. The summed E-state index contributed by atoms with van der Waals surface area (Å²) in [5.41, 5.74) is 1.19. The minimum absolute atomic E-state index is 0.0203. The van der Waals surface area contributed by atoms with E-state index in [0.717, 1.165) is 42.0 Å². The van der Waals surface area contributed by atoms with Gasteiger partial charge in [-0.3, -0.25) is 9.36 Å². The number of anilines is 1. The Morgan fingerprint density at radius 1 is 1.27 bits per heavy atom. The van der Waals surface area contributed by atoms with Crippen LogP contribution in [0.5, 0.6) is 5.75 Å². The fraction of sp³-hybridized carbons (Fsp3) is 0.400. The summed E-state index contributed by atoms with van der Waals surface area (Å²) < 4.78 is 24.0. The number of carbonyl (C=O) groups excluding carboxylic acids is 1. The van der Waals surface area contributed by atoms with Gasteiger partial charge in [0.2, 0.25) is 0 Å². The van der Waals surface area contributed by atoms with E-state index >= 15 is 4.39 Å². The summed E-state index contributed by atoms with van der Waals surface area (Å²) in [6.07, 6.45) is 3.99. The highest BCUT2D eigenvalue weighted by Crippen LogP contribution is 2.28. The number of fused-ring (bicyclic) bond motifs is 1. The number of aromatic nitrogens is 3. The highest BCUT2D eigenvalue weighted by Gasteiger charge is 2.24. The van der Waals surface area contributed by atoms with E-state index in [2.05, 4.69) is 10.4 Å². The smallest absolute Gasteiger partial charge is 0.350 e. The summed E-state index contributed by atoms with van der Waals surface area (Å²) in [6, 6.07) is 9.90. The zero-order valence-corrected chi connectivity index (χ0v) is 19.2. The van der Waals surface area contributed by atoms with Crippen molar-refractivity contribution in [2.45, 2.75) is 65.5 Å². The van der Waals surface area contributed by atoms with Gasteiger partial charge in [0, 0.05) is 24.7 Å². The molecule has 1 atom stereocenters. The van der Waals surface area contributed by atoms with Crippen LogP contribution in [-0.4, -0.2) is 26.4 Å². The van der Waals surface area contributed by atoms with Crippen LogP contribution in [0.4, 0.5) is 10.1 Å². The standard InChI is InChI=1S/C25H29FN4O3/c1-4-9-17(3)33-22-15-21(30-25(32)29-13-8-7-12-23(29)28-30)19(26)14-18(22)24(31)27-20-11-6-5-10-16(20)2/h5-6,10-11,14-15,17H,4,7-9,12-13H2,1-3H3,(H,27,31)/t17-/m0/s1. The Bertz CT molecular complexity index is 1230. The number of rotatable bonds is 7. The van der Waals surface area contributed by atoms with Gasteiger partial charge in [0.05, 0.1) is 11.7 Å². The van der Waals surface area contributed by atoms with Crippen molar-refractivity contribution < 1.29 is 13.9 Å². The molecule has 8 heteroatoms. The van der Waals surface area contributed by atoms with Gasteiger partial charge in [-0.25, -0.2) is 9.18 Å². The first kappa shape index (κ1) is 22.8. The average molecular weight is 453 g/mol. The fourth-order valence-electron chi connectivity index (χ4n) is 4.12. The normalized spacial score (nSPS) is 13.9. The molecular formula is C25H29FN4O3. The second kappa shape index (κ2) is 9.60. The number of carbonyl (C=O) groups is 1. The van der Waals surface area contributed by atoms with E-state index in [-0.39, 0.29) is 28.8 Å². The highest BCUT2D eigenvalue weighted by atomic mass is 19.1. The van der Waals surface area contributed by atoms with E-state index in [0.29, 0.717) is 24.5 Å². The number of halogens is 1. The van der Waals surface area contributed by atoms with Crippen LogP contribution in [0.2, 0.25) is 0 Å². The number of para-hydroxylation sites is 1. The summed E-state index contributed by atoms with van der Waals surface area (Å²) >= 11 is 0. The maximum Gasteiger partial charge on any atom is 0.350 e. The third-order valence-corrected chi connectivity index (χ3v) is 5.91. The molecule has 7 nitrogen and oxygen atoms in total. The van der Waals surface area contributed by atoms with Crippen molar-refractivity contribution in [2.24, 2.45) is 0 Å². The molecule has 0 spiro atoms. The Morgan fingerprint density at radius 2 is 2.06 bits per heavy atom. The molecule has 0 saturated carbocycles. The van der Waals surface area contributed by atoms with E-state index in [1.165, 1.54) is 6.07 Å². The Kier molecular flexibility index (Phi) is 6.62. The lowest BCUT2D eigenvalue weighted by Crippen LogP contribution is -2.27. The molecule has 174 valence electrons. The van der Waals surface area contributed by atoms with Gasteiger partial charge in [0.15, 0.2) is 0 Å². The molecule has 33 heavy (non-hydrogen) atoms. The molecule has 0 aliphatic carbocycles. The van der Waals surface area contributed by atoms with Crippen LogP contribution in [0.3, 0.4) is 0 Å². The first-order valence-corrected chi connectivity index (χ1v) is 11.4. The molecule has 3 aromatic rings. The van der Waals surface area contributed by atoms with Crippen LogP contribution in [0.1, 0.15) is 61.3 Å². The zero-order valence-electron chi connectivity index (χ0n) is 19.2. The molecule has 0 unspecified atom stereocenters. The number of amides is 1. The summed E-state index contributed by atoms with van der Waals surface area (Å²) in [4.78, 5) is 26.0. The van der Waals surface area contributed by atoms with Crippen molar-refractivity contribution in [3.63, 3.8) is 0 Å². The summed E-state index contributed by atoms with van der Waals surface area (Å²) in [5.74, 6) is -0.326. The molecule has 4 rings (SSSR count). The topological polar surface area (TPSA) is 78.2 Å². The molecule has 1 N–H and O–H groups in total. The van der Waals surface area contributed by atoms with Gasteiger partial charge in [-0.05, 0) is 50.8 Å². The maximum absolute atomic E-state index is 15.3. The zero-order chi connectivity index (χ0) is 23.5. The Labute approximate surface area is 192 Å². The molecule has 2 heterocycles. The molecule has 2 aromatic carbocycles. The van der Waals surface area contributed by atoms with Crippen LogP contribution in [0.25, 0.3) is 5.69 Å². The molecule has 0 fully saturated rings. The van der Waals surface area contributed by atoms with Gasteiger partial charge in [0.1, 0.15) is 23.1 Å². The van der Waals surface area contributed by atoms with Crippen molar-refractivity contribution in [1.82, 2.24) is 14.3 Å². The third-order valence-electron chi connectivity index (χ3n) is 5.91. The number of hydrogen-bond acceptors (Lipinski definition) is 4. The average Bonchev–Trinajstić information content (AvgIpc) is 3.13. The molecule has 0 radical (unpaired) electrons. The third kappa shape index (κ3) is 4.69. The van der Waals surface area contributed by atoms with E-state index < -0.39 is 11.7 Å². The number of aryl methyl sites for hydroxylation is 2. The van der Waals surface area contributed by atoms with Gasteiger partial charge >= 0.3 is 5.69 Å². The summed E-state index contributed by atoms with van der Waals surface area (Å²) in [5, 5.41) is 7.20. The van der Waals surface area contributed by atoms with Crippen molar-refractivity contribution in [2.75, 3.05) is 5.32 Å².